The summed E-state index contributed by atoms with van der Waals surface area (Å²) in [5.74, 6) is 0. The summed E-state index contributed by atoms with van der Waals surface area (Å²) in [6.07, 6.45) is 18.4. The third-order valence-electron chi connectivity index (χ3n) is 6.53. The second-order valence-corrected chi connectivity index (χ2v) is 10.6. The predicted molar refractivity (Wildman–Crippen MR) is 135 cm³/mol. The largest absolute Gasteiger partial charge is 1.00 e. The van der Waals surface area contributed by atoms with Gasteiger partial charge in [-0.05, 0) is 47.6 Å². The molecule has 0 aromatic heterocycles. The maximum absolute atomic E-state index is 12.3. The Hall–Kier alpha value is -0.390. The van der Waals surface area contributed by atoms with Crippen LogP contribution in [0.25, 0.3) is 10.8 Å². The van der Waals surface area contributed by atoms with Crippen molar-refractivity contribution in [1.29, 1.82) is 0 Å². The first-order chi connectivity index (χ1) is 15.5. The summed E-state index contributed by atoms with van der Waals surface area (Å²) in [6, 6.07) is 9.58. The Morgan fingerprint density at radius 1 is 0.697 bits per heavy atom. The fourth-order valence-corrected chi connectivity index (χ4v) is 5.72. The van der Waals surface area contributed by atoms with E-state index in [9.17, 15) is 13.0 Å². The van der Waals surface area contributed by atoms with Gasteiger partial charge in [0.05, 0.1) is 4.90 Å². The standard InChI is InChI=1S/C28H44O3S.Na/c1-3-5-7-9-11-13-15-19-24-23-25-20-17-18-22-27(25)28(32(29,30)31)26(24)21-16-14-12-10-8-6-4-2;/h17-18,20,22-23H,3-16,19,21H2,1-2H3,(H,29,30,31);/q;+1/p-1. The molecule has 0 fully saturated rings. The van der Waals surface area contributed by atoms with Gasteiger partial charge in [-0.2, -0.15) is 0 Å². The summed E-state index contributed by atoms with van der Waals surface area (Å²) in [4.78, 5) is 0.0412. The number of benzene rings is 2. The molecule has 0 aliphatic heterocycles. The van der Waals surface area contributed by atoms with Crippen LogP contribution in [0.1, 0.15) is 115 Å². The van der Waals surface area contributed by atoms with Gasteiger partial charge >= 0.3 is 29.6 Å². The van der Waals surface area contributed by atoms with Crippen LogP contribution >= 0.6 is 0 Å². The number of unbranched alkanes of at least 4 members (excludes halogenated alkanes) is 12. The third kappa shape index (κ3) is 10.8. The summed E-state index contributed by atoms with van der Waals surface area (Å²) in [7, 11) is -4.53. The Kier molecular flexibility index (Phi) is 15.9. The minimum Gasteiger partial charge on any atom is -0.744 e. The van der Waals surface area contributed by atoms with Crippen LogP contribution in [0.5, 0.6) is 0 Å². The molecule has 5 heteroatoms. The molecule has 0 aliphatic rings. The minimum absolute atomic E-state index is 0. The Labute approximate surface area is 225 Å². The van der Waals surface area contributed by atoms with E-state index in [1.807, 2.05) is 18.2 Å². The molecule has 2 aromatic carbocycles. The summed E-state index contributed by atoms with van der Waals surface area (Å²) in [6.45, 7) is 4.45. The number of aryl methyl sites for hydroxylation is 1. The molecule has 2 aromatic rings. The van der Waals surface area contributed by atoms with Crippen molar-refractivity contribution >= 4 is 20.9 Å². The number of fused-ring (bicyclic) bond motifs is 1. The molecule has 0 aliphatic carbocycles. The average molecular weight is 483 g/mol. The first-order valence-electron chi connectivity index (χ1n) is 13.0. The van der Waals surface area contributed by atoms with Crippen LogP contribution in [0.2, 0.25) is 0 Å². The minimum atomic E-state index is -4.53. The van der Waals surface area contributed by atoms with E-state index >= 15 is 0 Å². The molecular weight excluding hydrogens is 439 g/mol. The summed E-state index contributed by atoms with van der Waals surface area (Å²) in [5.41, 5.74) is 1.86. The molecule has 0 atom stereocenters. The van der Waals surface area contributed by atoms with E-state index in [1.165, 1.54) is 64.2 Å². The van der Waals surface area contributed by atoms with Crippen molar-refractivity contribution in [3.63, 3.8) is 0 Å². The van der Waals surface area contributed by atoms with Crippen LogP contribution < -0.4 is 29.6 Å². The van der Waals surface area contributed by atoms with Crippen LogP contribution in [0, 0.1) is 0 Å². The van der Waals surface area contributed by atoms with Gasteiger partial charge in [0, 0.05) is 0 Å². The average Bonchev–Trinajstić information content (AvgIpc) is 2.76. The van der Waals surface area contributed by atoms with Gasteiger partial charge < -0.3 is 4.55 Å². The van der Waals surface area contributed by atoms with Crippen molar-refractivity contribution in [2.75, 3.05) is 0 Å². The molecule has 0 spiro atoms. The smallest absolute Gasteiger partial charge is 0.744 e. The maximum atomic E-state index is 12.3. The van der Waals surface area contributed by atoms with Crippen LogP contribution in [-0.2, 0) is 23.0 Å². The SMILES string of the molecule is CCCCCCCCCc1cc2ccccc2c(S(=O)(=O)[O-])c1CCCCCCCCC.[Na+]. The first kappa shape index (κ1) is 30.6. The van der Waals surface area contributed by atoms with Crippen molar-refractivity contribution in [2.45, 2.75) is 121 Å². The number of hydrogen-bond acceptors (Lipinski definition) is 3. The fourth-order valence-electron chi connectivity index (χ4n) is 4.73. The van der Waals surface area contributed by atoms with Gasteiger partial charge in [0.1, 0.15) is 10.1 Å². The topological polar surface area (TPSA) is 57.2 Å². The van der Waals surface area contributed by atoms with E-state index in [2.05, 4.69) is 19.9 Å². The second-order valence-electron chi connectivity index (χ2n) is 9.26. The van der Waals surface area contributed by atoms with Gasteiger partial charge in [-0.25, -0.2) is 8.42 Å². The van der Waals surface area contributed by atoms with Crippen LogP contribution in [0.15, 0.2) is 35.2 Å². The molecule has 0 unspecified atom stereocenters. The summed E-state index contributed by atoms with van der Waals surface area (Å²) in [5, 5.41) is 1.45. The van der Waals surface area contributed by atoms with Crippen molar-refractivity contribution in [3.05, 3.63) is 41.5 Å². The summed E-state index contributed by atoms with van der Waals surface area (Å²) < 4.78 is 37.0. The van der Waals surface area contributed by atoms with Gasteiger partial charge in [-0.1, -0.05) is 121 Å². The zero-order valence-electron chi connectivity index (χ0n) is 21.3. The van der Waals surface area contributed by atoms with E-state index in [-0.39, 0.29) is 34.5 Å². The molecule has 0 saturated heterocycles. The number of hydrogen-bond donors (Lipinski definition) is 0. The normalized spacial score (nSPS) is 11.6. The molecule has 3 nitrogen and oxygen atoms in total. The molecule has 33 heavy (non-hydrogen) atoms. The zero-order valence-corrected chi connectivity index (χ0v) is 24.1. The van der Waals surface area contributed by atoms with Crippen LogP contribution in [-0.4, -0.2) is 13.0 Å². The predicted octanol–water partition coefficient (Wildman–Crippen LogP) is 5.33. The van der Waals surface area contributed by atoms with E-state index in [0.717, 1.165) is 48.6 Å². The third-order valence-corrected chi connectivity index (χ3v) is 7.49. The Bertz CT molecular complexity index is 909. The van der Waals surface area contributed by atoms with Crippen LogP contribution in [0.3, 0.4) is 0 Å². The molecule has 0 radical (unpaired) electrons. The van der Waals surface area contributed by atoms with E-state index in [1.54, 1.807) is 6.07 Å². The Morgan fingerprint density at radius 3 is 1.73 bits per heavy atom. The first-order valence-corrected chi connectivity index (χ1v) is 14.4. The molecule has 0 bridgehead atoms. The van der Waals surface area contributed by atoms with E-state index < -0.39 is 10.1 Å². The Balaban J connectivity index is 0.00000544. The van der Waals surface area contributed by atoms with Crippen LogP contribution in [0.4, 0.5) is 0 Å². The quantitative estimate of drug-likeness (QED) is 0.174. The van der Waals surface area contributed by atoms with Gasteiger partial charge in [-0.15, -0.1) is 0 Å². The van der Waals surface area contributed by atoms with Crippen molar-refractivity contribution in [3.8, 4) is 0 Å². The molecule has 0 N–H and O–H groups in total. The molecule has 0 saturated carbocycles. The molecule has 0 heterocycles. The maximum Gasteiger partial charge on any atom is 1.00 e. The fraction of sp³-hybridized carbons (Fsp3) is 0.643. The monoisotopic (exact) mass is 482 g/mol. The van der Waals surface area contributed by atoms with Gasteiger partial charge in [0.25, 0.3) is 0 Å². The van der Waals surface area contributed by atoms with Gasteiger partial charge in [0.2, 0.25) is 0 Å². The van der Waals surface area contributed by atoms with Gasteiger partial charge in [0.15, 0.2) is 0 Å². The number of rotatable bonds is 17. The Morgan fingerprint density at radius 2 is 1.18 bits per heavy atom. The molecule has 180 valence electrons. The van der Waals surface area contributed by atoms with E-state index in [0.29, 0.717) is 11.8 Å². The molecule has 0 amide bonds. The van der Waals surface area contributed by atoms with Crippen molar-refractivity contribution < 1.29 is 42.5 Å². The zero-order chi connectivity index (χ0) is 23.2. The van der Waals surface area contributed by atoms with Gasteiger partial charge in [-0.3, -0.25) is 0 Å². The van der Waals surface area contributed by atoms with Crippen molar-refractivity contribution in [1.82, 2.24) is 0 Å². The molecule has 2 rings (SSSR count). The molecular formula is C28H43NaO3S. The second kappa shape index (κ2) is 17.1. The van der Waals surface area contributed by atoms with Crippen molar-refractivity contribution in [2.24, 2.45) is 0 Å². The van der Waals surface area contributed by atoms with E-state index in [4.69, 9.17) is 0 Å². The summed E-state index contributed by atoms with van der Waals surface area (Å²) >= 11 is 0.